The number of benzene rings is 1. The van der Waals surface area contributed by atoms with Crippen molar-refractivity contribution in [2.24, 2.45) is 0 Å². The average Bonchev–Trinajstić information content (AvgIpc) is 2.04. The van der Waals surface area contributed by atoms with Crippen LogP contribution in [0.5, 0.6) is 0 Å². The highest BCUT2D eigenvalue weighted by Crippen LogP contribution is 2.08. The number of rotatable bonds is 4. The Hall–Kier alpha value is -0.240. The quantitative estimate of drug-likeness (QED) is 0.724. The molecule has 1 nitrogen and oxygen atoms in total. The molecule has 3 heteroatoms. The van der Waals surface area contributed by atoms with E-state index in [1.54, 1.807) is 0 Å². The van der Waals surface area contributed by atoms with Crippen molar-refractivity contribution in [3.63, 3.8) is 0 Å². The van der Waals surface area contributed by atoms with Gasteiger partial charge in [-0.15, -0.1) is 24.0 Å². The van der Waals surface area contributed by atoms with Gasteiger partial charge in [0.15, 0.2) is 0 Å². The molecular weight excluding hydrogens is 217 g/mol. The summed E-state index contributed by atoms with van der Waals surface area (Å²) in [6, 6.07) is 10.4. The van der Waals surface area contributed by atoms with Gasteiger partial charge in [-0.05, 0) is 26.1 Å². The maximum Gasteiger partial charge on any atom is 0.0503 e. The highest BCUT2D eigenvalue weighted by molar-refractivity contribution is 6.20. The molecule has 0 aliphatic heterocycles. The normalized spacial score (nSPS) is 12.3. The topological polar surface area (TPSA) is 3.24 Å². The van der Waals surface area contributed by atoms with E-state index in [-0.39, 0.29) is 17.8 Å². The molecule has 1 aromatic rings. The van der Waals surface area contributed by atoms with Gasteiger partial charge in [0.25, 0.3) is 0 Å². The first kappa shape index (κ1) is 13.8. The second-order valence-electron chi connectivity index (χ2n) is 3.55. The summed E-state index contributed by atoms with van der Waals surface area (Å²) in [5, 5.41) is 0.206. The minimum atomic E-state index is 0. The van der Waals surface area contributed by atoms with Gasteiger partial charge in [0.2, 0.25) is 0 Å². The second-order valence-corrected chi connectivity index (χ2v) is 4.17. The van der Waals surface area contributed by atoms with E-state index in [0.29, 0.717) is 0 Å². The summed E-state index contributed by atoms with van der Waals surface area (Å²) in [5.74, 6) is 0. The molecule has 0 bridgehead atoms. The van der Waals surface area contributed by atoms with Gasteiger partial charge >= 0.3 is 0 Å². The molecule has 0 radical (unpaired) electrons. The monoisotopic (exact) mass is 233 g/mol. The molecule has 0 saturated carbocycles. The van der Waals surface area contributed by atoms with Gasteiger partial charge in [-0.3, -0.25) is 0 Å². The molecule has 0 heterocycles. The standard InChI is InChI=1S/C11H16ClN.ClH/c1-13(2)9-11(12)8-10-6-4-3-5-7-10;/h3-7,11H,8-9H2,1-2H3;1H. The maximum atomic E-state index is 6.17. The Morgan fingerprint density at radius 1 is 1.21 bits per heavy atom. The van der Waals surface area contributed by atoms with Gasteiger partial charge in [0.1, 0.15) is 0 Å². The van der Waals surface area contributed by atoms with Gasteiger partial charge in [0.05, 0.1) is 5.38 Å². The lowest BCUT2D eigenvalue weighted by Crippen LogP contribution is -2.23. The van der Waals surface area contributed by atoms with Crippen molar-refractivity contribution < 1.29 is 0 Å². The summed E-state index contributed by atoms with van der Waals surface area (Å²) in [5.41, 5.74) is 1.31. The summed E-state index contributed by atoms with van der Waals surface area (Å²) in [7, 11) is 4.08. The van der Waals surface area contributed by atoms with E-state index < -0.39 is 0 Å². The number of hydrogen-bond acceptors (Lipinski definition) is 1. The molecule has 0 aliphatic rings. The van der Waals surface area contributed by atoms with Crippen molar-refractivity contribution >= 4 is 24.0 Å². The van der Waals surface area contributed by atoms with E-state index >= 15 is 0 Å². The molecule has 80 valence electrons. The Bertz CT molecular complexity index is 236. The molecule has 1 aromatic carbocycles. The van der Waals surface area contributed by atoms with Crippen LogP contribution in [0.1, 0.15) is 5.56 Å². The lowest BCUT2D eigenvalue weighted by Gasteiger charge is -2.14. The van der Waals surface area contributed by atoms with Crippen molar-refractivity contribution in [1.82, 2.24) is 4.90 Å². The first-order chi connectivity index (χ1) is 6.18. The molecule has 14 heavy (non-hydrogen) atoms. The van der Waals surface area contributed by atoms with E-state index in [2.05, 4.69) is 29.2 Å². The first-order valence-electron chi connectivity index (χ1n) is 4.51. The van der Waals surface area contributed by atoms with Crippen LogP contribution in [0.3, 0.4) is 0 Å². The highest BCUT2D eigenvalue weighted by atomic mass is 35.5. The lowest BCUT2D eigenvalue weighted by molar-refractivity contribution is 0.404. The Labute approximate surface area is 97.5 Å². The molecular formula is C11H17Cl2N. The Balaban J connectivity index is 0.00000169. The molecule has 1 rings (SSSR count). The van der Waals surface area contributed by atoms with Gasteiger partial charge in [-0.25, -0.2) is 0 Å². The summed E-state index contributed by atoms with van der Waals surface area (Å²) in [4.78, 5) is 2.11. The fraction of sp³-hybridized carbons (Fsp3) is 0.455. The third-order valence-electron chi connectivity index (χ3n) is 1.86. The number of nitrogens with zero attached hydrogens (tertiary/aromatic N) is 1. The van der Waals surface area contributed by atoms with E-state index in [1.165, 1.54) is 5.56 Å². The van der Waals surface area contributed by atoms with E-state index in [0.717, 1.165) is 13.0 Å². The second kappa shape index (κ2) is 7.10. The zero-order valence-corrected chi connectivity index (χ0v) is 10.2. The van der Waals surface area contributed by atoms with Crippen LogP contribution in [-0.4, -0.2) is 30.9 Å². The smallest absolute Gasteiger partial charge is 0.0503 e. The van der Waals surface area contributed by atoms with Crippen molar-refractivity contribution in [2.45, 2.75) is 11.8 Å². The van der Waals surface area contributed by atoms with E-state index in [1.807, 2.05) is 20.2 Å². The van der Waals surface area contributed by atoms with Crippen molar-refractivity contribution in [3.8, 4) is 0 Å². The van der Waals surface area contributed by atoms with Crippen LogP contribution in [-0.2, 0) is 6.42 Å². The average molecular weight is 234 g/mol. The molecule has 0 aromatic heterocycles. The van der Waals surface area contributed by atoms with Crippen LogP contribution in [0, 0.1) is 0 Å². The maximum absolute atomic E-state index is 6.17. The number of halogens is 2. The molecule has 0 amide bonds. The van der Waals surface area contributed by atoms with Gasteiger partial charge in [-0.2, -0.15) is 0 Å². The molecule has 1 unspecified atom stereocenters. The molecule has 0 fully saturated rings. The van der Waals surface area contributed by atoms with Gasteiger partial charge in [0, 0.05) is 6.54 Å². The largest absolute Gasteiger partial charge is 0.308 e. The summed E-state index contributed by atoms with van der Waals surface area (Å²) in [6.45, 7) is 0.927. The minimum Gasteiger partial charge on any atom is -0.308 e. The first-order valence-corrected chi connectivity index (χ1v) is 4.95. The zero-order valence-electron chi connectivity index (χ0n) is 8.61. The fourth-order valence-corrected chi connectivity index (χ4v) is 1.78. The Morgan fingerprint density at radius 3 is 2.29 bits per heavy atom. The summed E-state index contributed by atoms with van der Waals surface area (Å²) < 4.78 is 0. The van der Waals surface area contributed by atoms with Crippen molar-refractivity contribution in [1.29, 1.82) is 0 Å². The SMILES string of the molecule is CN(C)CC(Cl)Cc1ccccc1.Cl. The van der Waals surface area contributed by atoms with E-state index in [9.17, 15) is 0 Å². The minimum absolute atomic E-state index is 0. The summed E-state index contributed by atoms with van der Waals surface area (Å²) in [6.07, 6.45) is 0.945. The Morgan fingerprint density at radius 2 is 1.79 bits per heavy atom. The van der Waals surface area contributed by atoms with Crippen molar-refractivity contribution in [2.75, 3.05) is 20.6 Å². The van der Waals surface area contributed by atoms with Crippen LogP contribution < -0.4 is 0 Å². The third-order valence-corrected chi connectivity index (χ3v) is 2.16. The van der Waals surface area contributed by atoms with Crippen LogP contribution in [0.4, 0.5) is 0 Å². The predicted octanol–water partition coefficient (Wildman–Crippen LogP) is 2.82. The van der Waals surface area contributed by atoms with Crippen LogP contribution >= 0.6 is 24.0 Å². The number of hydrogen-bond donors (Lipinski definition) is 0. The molecule has 1 atom stereocenters. The zero-order chi connectivity index (χ0) is 9.68. The molecule has 0 spiro atoms. The molecule has 0 saturated heterocycles. The van der Waals surface area contributed by atoms with Crippen LogP contribution in [0.25, 0.3) is 0 Å². The highest BCUT2D eigenvalue weighted by Gasteiger charge is 2.06. The summed E-state index contributed by atoms with van der Waals surface area (Å²) >= 11 is 6.17. The molecule has 0 N–H and O–H groups in total. The van der Waals surface area contributed by atoms with E-state index in [4.69, 9.17) is 11.6 Å². The third kappa shape index (κ3) is 5.48. The van der Waals surface area contributed by atoms with Gasteiger partial charge < -0.3 is 4.90 Å². The van der Waals surface area contributed by atoms with Crippen LogP contribution in [0.2, 0.25) is 0 Å². The predicted molar refractivity (Wildman–Crippen MR) is 65.6 cm³/mol. The lowest BCUT2D eigenvalue weighted by atomic mass is 10.1. The van der Waals surface area contributed by atoms with Crippen LogP contribution in [0.15, 0.2) is 30.3 Å². The number of alkyl halides is 1. The Kier molecular flexibility index (Phi) is 6.98. The van der Waals surface area contributed by atoms with Gasteiger partial charge in [-0.1, -0.05) is 30.3 Å². The van der Waals surface area contributed by atoms with Crippen molar-refractivity contribution in [3.05, 3.63) is 35.9 Å². The fourth-order valence-electron chi connectivity index (χ4n) is 1.33. The molecule has 0 aliphatic carbocycles.